The second-order valence-electron chi connectivity index (χ2n) is 11.0. The van der Waals surface area contributed by atoms with Crippen molar-refractivity contribution in [2.45, 2.75) is 82.0 Å². The van der Waals surface area contributed by atoms with Gasteiger partial charge in [-0.1, -0.05) is 6.42 Å². The normalized spacial score (nSPS) is 31.5. The summed E-state index contributed by atoms with van der Waals surface area (Å²) in [6.45, 7) is 2.08. The first kappa shape index (κ1) is 22.9. The van der Waals surface area contributed by atoms with Crippen LogP contribution in [-0.4, -0.2) is 64.7 Å². The summed E-state index contributed by atoms with van der Waals surface area (Å²) in [5.74, 6) is -2.11. The third kappa shape index (κ3) is 4.21. The third-order valence-electron chi connectivity index (χ3n) is 8.65. The van der Waals surface area contributed by atoms with Gasteiger partial charge in [-0.2, -0.15) is 0 Å². The van der Waals surface area contributed by atoms with Crippen LogP contribution in [0.4, 0.5) is 8.78 Å². The molecule has 5 aliphatic rings. The monoisotopic (exact) mass is 487 g/mol. The molecule has 7 nitrogen and oxygen atoms in total. The Labute approximate surface area is 203 Å². The van der Waals surface area contributed by atoms with Crippen LogP contribution in [0.1, 0.15) is 67.3 Å². The van der Waals surface area contributed by atoms with Crippen molar-refractivity contribution in [1.29, 1.82) is 0 Å². The summed E-state index contributed by atoms with van der Waals surface area (Å²) >= 11 is 0. The van der Waals surface area contributed by atoms with E-state index in [9.17, 15) is 23.2 Å². The molecule has 1 aromatic carbocycles. The molecule has 2 saturated carbocycles. The number of rotatable bonds is 5. The summed E-state index contributed by atoms with van der Waals surface area (Å²) in [4.78, 5) is 40.6. The first-order valence-electron chi connectivity index (χ1n) is 12.8. The van der Waals surface area contributed by atoms with Gasteiger partial charge in [0.15, 0.2) is 0 Å². The molecule has 0 bridgehead atoms. The van der Waals surface area contributed by atoms with Crippen molar-refractivity contribution in [3.05, 3.63) is 29.3 Å². The van der Waals surface area contributed by atoms with Crippen LogP contribution in [0, 0.1) is 11.8 Å². The molecule has 2 aliphatic carbocycles. The molecular formula is C26H31F2N3O4. The number of alkyl halides is 2. The summed E-state index contributed by atoms with van der Waals surface area (Å²) in [6, 6.07) is 5.16. The number of hydrogen-bond acceptors (Lipinski definition) is 5. The van der Waals surface area contributed by atoms with Gasteiger partial charge in [0.1, 0.15) is 17.9 Å². The highest BCUT2D eigenvalue weighted by Gasteiger charge is 2.52. The van der Waals surface area contributed by atoms with Crippen LogP contribution in [0.3, 0.4) is 0 Å². The van der Waals surface area contributed by atoms with E-state index in [4.69, 9.17) is 4.74 Å². The molecule has 3 amide bonds. The minimum Gasteiger partial charge on any atom is -0.489 e. The van der Waals surface area contributed by atoms with E-state index < -0.39 is 17.9 Å². The molecule has 0 radical (unpaired) electrons. The number of ether oxygens (including phenoxy) is 1. The lowest BCUT2D eigenvalue weighted by molar-refractivity contribution is -0.153. The van der Waals surface area contributed by atoms with Crippen molar-refractivity contribution in [2.24, 2.45) is 11.8 Å². The van der Waals surface area contributed by atoms with Crippen LogP contribution in [0.25, 0.3) is 0 Å². The van der Waals surface area contributed by atoms with Gasteiger partial charge in [0.2, 0.25) is 17.7 Å². The lowest BCUT2D eigenvalue weighted by Crippen LogP contribution is -2.61. The van der Waals surface area contributed by atoms with E-state index in [1.54, 1.807) is 11.0 Å². The van der Waals surface area contributed by atoms with Gasteiger partial charge in [-0.3, -0.25) is 24.6 Å². The number of amides is 3. The molecule has 6 rings (SSSR count). The Hall–Kier alpha value is -2.55. The molecule has 35 heavy (non-hydrogen) atoms. The fourth-order valence-electron chi connectivity index (χ4n) is 6.59. The zero-order valence-corrected chi connectivity index (χ0v) is 19.7. The van der Waals surface area contributed by atoms with Gasteiger partial charge >= 0.3 is 0 Å². The van der Waals surface area contributed by atoms with Crippen molar-refractivity contribution in [3.63, 3.8) is 0 Å². The lowest BCUT2D eigenvalue weighted by Gasteiger charge is -2.53. The zero-order valence-electron chi connectivity index (χ0n) is 19.7. The molecule has 1 unspecified atom stereocenters. The van der Waals surface area contributed by atoms with Gasteiger partial charge in [-0.15, -0.1) is 0 Å². The van der Waals surface area contributed by atoms with Gasteiger partial charge in [0.25, 0.3) is 5.91 Å². The quantitative estimate of drug-likeness (QED) is 0.646. The Kier molecular flexibility index (Phi) is 5.58. The summed E-state index contributed by atoms with van der Waals surface area (Å²) in [5.41, 5.74) is 1.41. The molecule has 9 heteroatoms. The van der Waals surface area contributed by atoms with Gasteiger partial charge in [0, 0.05) is 50.5 Å². The van der Waals surface area contributed by atoms with E-state index in [1.807, 2.05) is 12.1 Å². The maximum Gasteiger partial charge on any atom is 0.255 e. The van der Waals surface area contributed by atoms with Crippen molar-refractivity contribution < 1.29 is 27.9 Å². The Balaban J connectivity index is 1.09. The highest BCUT2D eigenvalue weighted by atomic mass is 19.3. The number of likely N-dealkylation sites (tertiary alicyclic amines) is 1. The highest BCUT2D eigenvalue weighted by molar-refractivity contribution is 6.05. The second kappa shape index (κ2) is 8.54. The standard InChI is InChI=1S/C26H31F2N3O4/c27-26(28)10-16(11-26)17-12-30(13-17)20-3-1-2-4-22(20)35-18-5-6-19-15(9-18)14-31(25(19)34)21-7-8-23(32)29-24(21)33/h5-6,9,16-17,20-22H,1-4,7-8,10-14H2,(H,29,32,33)/t20-,21?,22-/m0/s1. The Morgan fingerprint density at radius 2 is 1.77 bits per heavy atom. The average Bonchev–Trinajstić information content (AvgIpc) is 3.08. The number of halogens is 2. The van der Waals surface area contributed by atoms with Crippen LogP contribution in [0.5, 0.6) is 5.75 Å². The van der Waals surface area contributed by atoms with E-state index in [-0.39, 0.29) is 49.1 Å². The third-order valence-corrected chi connectivity index (χ3v) is 8.65. The predicted molar refractivity (Wildman–Crippen MR) is 122 cm³/mol. The second-order valence-corrected chi connectivity index (χ2v) is 11.0. The summed E-state index contributed by atoms with van der Waals surface area (Å²) in [6.07, 6.45) is 4.93. The number of benzene rings is 1. The number of fused-ring (bicyclic) bond motifs is 1. The fourth-order valence-corrected chi connectivity index (χ4v) is 6.59. The summed E-state index contributed by atoms with van der Waals surface area (Å²) < 4.78 is 33.0. The molecule has 3 heterocycles. The summed E-state index contributed by atoms with van der Waals surface area (Å²) in [5, 5.41) is 2.33. The first-order chi connectivity index (χ1) is 16.8. The molecule has 3 aliphatic heterocycles. The minimum atomic E-state index is -2.45. The van der Waals surface area contributed by atoms with E-state index >= 15 is 0 Å². The van der Waals surface area contributed by atoms with Crippen LogP contribution < -0.4 is 10.1 Å². The molecular weight excluding hydrogens is 456 g/mol. The van der Waals surface area contributed by atoms with Crippen LogP contribution >= 0.6 is 0 Å². The first-order valence-corrected chi connectivity index (χ1v) is 12.8. The number of nitrogens with zero attached hydrogens (tertiary/aromatic N) is 2. The topological polar surface area (TPSA) is 79.0 Å². The van der Waals surface area contributed by atoms with Crippen LogP contribution in [-0.2, 0) is 16.1 Å². The molecule has 4 fully saturated rings. The number of carbonyl (C=O) groups is 3. The van der Waals surface area contributed by atoms with Gasteiger partial charge in [-0.25, -0.2) is 8.78 Å². The lowest BCUT2D eigenvalue weighted by atomic mass is 9.69. The largest absolute Gasteiger partial charge is 0.489 e. The number of carbonyl (C=O) groups excluding carboxylic acids is 3. The van der Waals surface area contributed by atoms with Gasteiger partial charge < -0.3 is 9.64 Å². The Bertz CT molecular complexity index is 1050. The molecule has 2 saturated heterocycles. The fraction of sp³-hybridized carbons (Fsp3) is 0.654. The van der Waals surface area contributed by atoms with Crippen molar-refractivity contribution in [1.82, 2.24) is 15.1 Å². The maximum atomic E-state index is 13.3. The van der Waals surface area contributed by atoms with E-state index in [0.717, 1.165) is 44.3 Å². The molecule has 1 aromatic rings. The smallest absolute Gasteiger partial charge is 0.255 e. The number of piperidine rings is 1. The minimum absolute atomic E-state index is 0.0360. The number of nitrogens with one attached hydrogen (secondary N) is 1. The average molecular weight is 488 g/mol. The van der Waals surface area contributed by atoms with E-state index in [1.165, 1.54) is 0 Å². The van der Waals surface area contributed by atoms with E-state index in [0.29, 0.717) is 30.2 Å². The molecule has 0 aromatic heterocycles. The zero-order chi connectivity index (χ0) is 24.3. The number of hydrogen-bond donors (Lipinski definition) is 1. The van der Waals surface area contributed by atoms with Crippen molar-refractivity contribution in [2.75, 3.05) is 13.1 Å². The van der Waals surface area contributed by atoms with E-state index in [2.05, 4.69) is 10.2 Å². The molecule has 188 valence electrons. The maximum absolute atomic E-state index is 13.3. The highest BCUT2D eigenvalue weighted by Crippen LogP contribution is 2.49. The molecule has 0 spiro atoms. The van der Waals surface area contributed by atoms with Gasteiger partial charge in [-0.05, 0) is 61.3 Å². The van der Waals surface area contributed by atoms with Gasteiger partial charge in [0.05, 0.1) is 0 Å². The predicted octanol–water partition coefficient (Wildman–Crippen LogP) is 3.11. The molecule has 3 atom stereocenters. The van der Waals surface area contributed by atoms with Crippen LogP contribution in [0.15, 0.2) is 18.2 Å². The van der Waals surface area contributed by atoms with Crippen molar-refractivity contribution >= 4 is 17.7 Å². The Morgan fingerprint density at radius 1 is 1.00 bits per heavy atom. The Morgan fingerprint density at radius 3 is 2.51 bits per heavy atom. The summed E-state index contributed by atoms with van der Waals surface area (Å²) in [7, 11) is 0. The van der Waals surface area contributed by atoms with Crippen LogP contribution in [0.2, 0.25) is 0 Å². The number of imide groups is 1. The molecule has 1 N–H and O–H groups in total. The van der Waals surface area contributed by atoms with Crippen molar-refractivity contribution in [3.8, 4) is 5.75 Å². The SMILES string of the molecule is O=C1CCC(N2Cc3cc(O[C@H]4CCCC[C@@H]4N4CC(C5CC(F)(F)C5)C4)ccc3C2=O)C(=O)N1.